The van der Waals surface area contributed by atoms with E-state index in [1.165, 1.54) is 35.6 Å². The summed E-state index contributed by atoms with van der Waals surface area (Å²) in [6, 6.07) is 9.71. The Labute approximate surface area is 192 Å². The average Bonchev–Trinajstić information content (AvgIpc) is 3.22. The molecule has 1 fully saturated rings. The number of hydrogen-bond acceptors (Lipinski definition) is 5. The van der Waals surface area contributed by atoms with Gasteiger partial charge in [0.05, 0.1) is 22.8 Å². The van der Waals surface area contributed by atoms with Crippen LogP contribution >= 0.6 is 22.9 Å². The molecule has 0 atom stereocenters. The summed E-state index contributed by atoms with van der Waals surface area (Å²) in [7, 11) is 0. The fourth-order valence-corrected chi connectivity index (χ4v) is 4.37. The van der Waals surface area contributed by atoms with Gasteiger partial charge in [-0.2, -0.15) is 0 Å². The van der Waals surface area contributed by atoms with Crippen molar-refractivity contribution in [2.45, 2.75) is 0 Å². The highest BCUT2D eigenvalue weighted by atomic mass is 35.5. The summed E-state index contributed by atoms with van der Waals surface area (Å²) in [6.45, 7) is 2.09. The summed E-state index contributed by atoms with van der Waals surface area (Å²) in [4.78, 5) is 33.0. The van der Waals surface area contributed by atoms with Crippen molar-refractivity contribution in [1.29, 1.82) is 0 Å². The van der Waals surface area contributed by atoms with E-state index in [9.17, 15) is 18.4 Å². The van der Waals surface area contributed by atoms with Gasteiger partial charge >= 0.3 is 0 Å². The van der Waals surface area contributed by atoms with Gasteiger partial charge in [-0.3, -0.25) is 14.5 Å². The van der Waals surface area contributed by atoms with Crippen LogP contribution in [0.25, 0.3) is 11.3 Å². The van der Waals surface area contributed by atoms with Crippen LogP contribution in [0.1, 0.15) is 10.4 Å². The summed E-state index contributed by atoms with van der Waals surface area (Å²) in [5, 5.41) is 5.13. The third-order valence-electron chi connectivity index (χ3n) is 5.08. The summed E-state index contributed by atoms with van der Waals surface area (Å²) >= 11 is 7.29. The maximum absolute atomic E-state index is 13.2. The third-order valence-corrected chi connectivity index (χ3v) is 6.15. The molecular weight excluding hydrogens is 458 g/mol. The quantitative estimate of drug-likeness (QED) is 0.601. The maximum Gasteiger partial charge on any atom is 0.255 e. The highest BCUT2D eigenvalue weighted by Gasteiger charge is 2.25. The number of carbonyl (C=O) groups is 2. The van der Waals surface area contributed by atoms with Crippen molar-refractivity contribution in [2.75, 3.05) is 38.0 Å². The van der Waals surface area contributed by atoms with Gasteiger partial charge in [-0.15, -0.1) is 11.3 Å². The first-order chi connectivity index (χ1) is 15.4. The first-order valence-corrected chi connectivity index (χ1v) is 11.1. The molecule has 0 radical (unpaired) electrons. The number of rotatable bonds is 5. The predicted molar refractivity (Wildman–Crippen MR) is 120 cm³/mol. The molecule has 1 aliphatic rings. The Kier molecular flexibility index (Phi) is 6.78. The molecule has 2 heterocycles. The lowest BCUT2D eigenvalue weighted by Crippen LogP contribution is -2.50. The van der Waals surface area contributed by atoms with Crippen LogP contribution in [0.15, 0.2) is 47.8 Å². The van der Waals surface area contributed by atoms with E-state index in [1.54, 1.807) is 22.4 Å². The molecule has 10 heteroatoms. The van der Waals surface area contributed by atoms with Crippen LogP contribution in [-0.4, -0.2) is 59.3 Å². The zero-order valence-corrected chi connectivity index (χ0v) is 18.4. The Bertz CT molecular complexity index is 1130. The predicted octanol–water partition coefficient (Wildman–Crippen LogP) is 4.14. The lowest BCUT2D eigenvalue weighted by molar-refractivity contribution is -0.117. The van der Waals surface area contributed by atoms with E-state index in [0.717, 1.165) is 11.6 Å². The number of carbonyl (C=O) groups excluding carboxylic acids is 2. The zero-order valence-electron chi connectivity index (χ0n) is 16.9. The molecule has 2 amide bonds. The number of thiazole rings is 1. The van der Waals surface area contributed by atoms with E-state index >= 15 is 0 Å². The molecule has 6 nitrogen and oxygen atoms in total. The first-order valence-electron chi connectivity index (χ1n) is 9.87. The van der Waals surface area contributed by atoms with Crippen LogP contribution < -0.4 is 5.32 Å². The second kappa shape index (κ2) is 9.72. The Morgan fingerprint density at radius 2 is 1.72 bits per heavy atom. The lowest BCUT2D eigenvalue weighted by atomic mass is 10.1. The topological polar surface area (TPSA) is 65.5 Å². The van der Waals surface area contributed by atoms with Crippen LogP contribution in [0, 0.1) is 11.6 Å². The molecule has 0 saturated carbocycles. The second-order valence-corrected chi connectivity index (χ2v) is 8.55. The van der Waals surface area contributed by atoms with Crippen LogP contribution in [0.2, 0.25) is 5.02 Å². The Morgan fingerprint density at radius 3 is 2.41 bits per heavy atom. The molecule has 0 bridgehead atoms. The zero-order chi connectivity index (χ0) is 22.7. The van der Waals surface area contributed by atoms with Crippen LogP contribution in [0.5, 0.6) is 0 Å². The number of hydrogen-bond donors (Lipinski definition) is 1. The smallest absolute Gasteiger partial charge is 0.255 e. The van der Waals surface area contributed by atoms with E-state index in [1.807, 2.05) is 4.90 Å². The van der Waals surface area contributed by atoms with Crippen molar-refractivity contribution in [3.05, 3.63) is 70.1 Å². The lowest BCUT2D eigenvalue weighted by Gasteiger charge is -2.34. The van der Waals surface area contributed by atoms with Crippen molar-refractivity contribution in [2.24, 2.45) is 0 Å². The van der Waals surface area contributed by atoms with Gasteiger partial charge < -0.3 is 10.2 Å². The van der Waals surface area contributed by atoms with Crippen LogP contribution in [0.4, 0.5) is 13.9 Å². The minimum absolute atomic E-state index is 0.0836. The number of piperazine rings is 1. The van der Waals surface area contributed by atoms with E-state index in [0.29, 0.717) is 37.0 Å². The summed E-state index contributed by atoms with van der Waals surface area (Å²) in [5.74, 6) is -1.27. The van der Waals surface area contributed by atoms with Crippen LogP contribution in [0.3, 0.4) is 0 Å². The van der Waals surface area contributed by atoms with Crippen molar-refractivity contribution < 1.29 is 18.4 Å². The molecular formula is C22H19ClF2N4O2S. The molecule has 1 aromatic heterocycles. The molecule has 1 aliphatic heterocycles. The standard InChI is InChI=1S/C22H19ClF2N4O2S/c23-18-11-16(25)5-6-17(18)21(31)29-9-7-28(8-10-29)12-20(30)27-22-26-19(13-32-22)14-1-3-15(24)4-2-14/h1-6,11,13H,7-10,12H2,(H,26,27,30). The number of nitrogens with zero attached hydrogens (tertiary/aromatic N) is 3. The average molecular weight is 477 g/mol. The van der Waals surface area contributed by atoms with Gasteiger partial charge in [0.2, 0.25) is 5.91 Å². The molecule has 2 aromatic carbocycles. The fourth-order valence-electron chi connectivity index (χ4n) is 3.39. The van der Waals surface area contributed by atoms with Gasteiger partial charge in [0.25, 0.3) is 5.91 Å². The minimum Gasteiger partial charge on any atom is -0.336 e. The molecule has 1 saturated heterocycles. The SMILES string of the molecule is O=C(CN1CCN(C(=O)c2ccc(F)cc2Cl)CC1)Nc1nc(-c2ccc(F)cc2)cs1. The third kappa shape index (κ3) is 5.29. The van der Waals surface area contributed by atoms with Crippen molar-refractivity contribution in [3.63, 3.8) is 0 Å². The Balaban J connectivity index is 1.27. The molecule has 32 heavy (non-hydrogen) atoms. The van der Waals surface area contributed by atoms with Gasteiger partial charge in [0.15, 0.2) is 5.13 Å². The van der Waals surface area contributed by atoms with E-state index < -0.39 is 5.82 Å². The van der Waals surface area contributed by atoms with E-state index in [2.05, 4.69) is 10.3 Å². The maximum atomic E-state index is 13.2. The number of amides is 2. The van der Waals surface area contributed by atoms with Gasteiger partial charge in [-0.05, 0) is 42.5 Å². The molecule has 3 aromatic rings. The normalized spacial score (nSPS) is 14.4. The highest BCUT2D eigenvalue weighted by molar-refractivity contribution is 7.14. The minimum atomic E-state index is -0.493. The molecule has 166 valence electrons. The van der Waals surface area contributed by atoms with Gasteiger partial charge in [-0.25, -0.2) is 13.8 Å². The molecule has 4 rings (SSSR count). The largest absolute Gasteiger partial charge is 0.336 e. The number of aromatic nitrogens is 1. The van der Waals surface area contributed by atoms with Gasteiger partial charge in [-0.1, -0.05) is 11.6 Å². The fraction of sp³-hybridized carbons (Fsp3) is 0.227. The van der Waals surface area contributed by atoms with Crippen molar-refractivity contribution in [3.8, 4) is 11.3 Å². The highest BCUT2D eigenvalue weighted by Crippen LogP contribution is 2.25. The van der Waals surface area contributed by atoms with Gasteiger partial charge in [0, 0.05) is 37.1 Å². The number of benzene rings is 2. The van der Waals surface area contributed by atoms with Gasteiger partial charge in [0.1, 0.15) is 11.6 Å². The molecule has 0 aliphatic carbocycles. The van der Waals surface area contributed by atoms with Crippen molar-refractivity contribution >= 4 is 39.9 Å². The number of nitrogens with one attached hydrogen (secondary N) is 1. The second-order valence-electron chi connectivity index (χ2n) is 7.29. The molecule has 0 unspecified atom stereocenters. The monoisotopic (exact) mass is 476 g/mol. The van der Waals surface area contributed by atoms with E-state index in [4.69, 9.17) is 11.6 Å². The Morgan fingerprint density at radius 1 is 1.03 bits per heavy atom. The van der Waals surface area contributed by atoms with Crippen LogP contribution in [-0.2, 0) is 4.79 Å². The van der Waals surface area contributed by atoms with E-state index in [-0.39, 0.29) is 34.8 Å². The molecule has 0 spiro atoms. The number of anilines is 1. The molecule has 1 N–H and O–H groups in total. The summed E-state index contributed by atoms with van der Waals surface area (Å²) in [5.41, 5.74) is 1.70. The van der Waals surface area contributed by atoms with Crippen molar-refractivity contribution in [1.82, 2.24) is 14.8 Å². The Hall–Kier alpha value is -2.88. The summed E-state index contributed by atoms with van der Waals surface area (Å²) < 4.78 is 26.3. The first kappa shape index (κ1) is 22.3. The number of halogens is 3. The summed E-state index contributed by atoms with van der Waals surface area (Å²) in [6.07, 6.45) is 0.